The van der Waals surface area contributed by atoms with Crippen LogP contribution in [0.1, 0.15) is 31.9 Å². The van der Waals surface area contributed by atoms with Crippen LogP contribution >= 0.6 is 11.3 Å². The van der Waals surface area contributed by atoms with Gasteiger partial charge in [0.2, 0.25) is 5.91 Å². The largest absolute Gasteiger partial charge is 0.368 e. The molecule has 0 spiro atoms. The third-order valence-corrected chi connectivity index (χ3v) is 5.51. The van der Waals surface area contributed by atoms with E-state index >= 15 is 0 Å². The summed E-state index contributed by atoms with van der Waals surface area (Å²) in [6.07, 6.45) is 2.88. The van der Waals surface area contributed by atoms with Gasteiger partial charge in [0.1, 0.15) is 10.8 Å². The van der Waals surface area contributed by atoms with Crippen LogP contribution in [-0.2, 0) is 11.3 Å². The van der Waals surface area contributed by atoms with Crippen LogP contribution in [0.25, 0.3) is 10.6 Å². The monoisotopic (exact) mass is 333 g/mol. The van der Waals surface area contributed by atoms with Crippen LogP contribution in [0, 0.1) is 5.82 Å². The van der Waals surface area contributed by atoms with E-state index < -0.39 is 5.54 Å². The molecule has 0 bridgehead atoms. The van der Waals surface area contributed by atoms with Crippen molar-refractivity contribution in [1.29, 1.82) is 0 Å². The van der Waals surface area contributed by atoms with Gasteiger partial charge in [-0.3, -0.25) is 9.69 Å². The number of aromatic nitrogens is 1. The molecule has 1 atom stereocenters. The predicted molar refractivity (Wildman–Crippen MR) is 89.4 cm³/mol. The first-order chi connectivity index (χ1) is 11.0. The van der Waals surface area contributed by atoms with E-state index in [2.05, 4.69) is 9.88 Å². The van der Waals surface area contributed by atoms with E-state index in [4.69, 9.17) is 5.73 Å². The van der Waals surface area contributed by atoms with Crippen LogP contribution in [0.5, 0.6) is 0 Å². The summed E-state index contributed by atoms with van der Waals surface area (Å²) < 4.78 is 13.0. The molecule has 2 aromatic rings. The standard InChI is InChI=1S/C17H20FN3OS/c1-17(16(19)22)8-2-3-9-21(17)10-14-11-23-15(20-14)12-4-6-13(18)7-5-12/h4-7,11H,2-3,8-10H2,1H3,(H2,19,22). The Kier molecular flexibility index (Phi) is 4.46. The molecule has 1 aromatic heterocycles. The van der Waals surface area contributed by atoms with Crippen LogP contribution in [0.4, 0.5) is 4.39 Å². The number of amides is 1. The van der Waals surface area contributed by atoms with Crippen molar-refractivity contribution >= 4 is 17.2 Å². The highest BCUT2D eigenvalue weighted by Gasteiger charge is 2.39. The van der Waals surface area contributed by atoms with Crippen molar-refractivity contribution in [2.24, 2.45) is 5.73 Å². The first-order valence-electron chi connectivity index (χ1n) is 7.74. The maximum atomic E-state index is 13.0. The minimum atomic E-state index is -0.599. The van der Waals surface area contributed by atoms with E-state index in [-0.39, 0.29) is 11.7 Å². The number of primary amides is 1. The lowest BCUT2D eigenvalue weighted by Crippen LogP contribution is -2.57. The number of benzene rings is 1. The van der Waals surface area contributed by atoms with Crippen LogP contribution in [-0.4, -0.2) is 27.9 Å². The van der Waals surface area contributed by atoms with Crippen LogP contribution in [0.15, 0.2) is 29.6 Å². The van der Waals surface area contributed by atoms with Crippen LogP contribution in [0.2, 0.25) is 0 Å². The van der Waals surface area contributed by atoms with Gasteiger partial charge < -0.3 is 5.73 Å². The molecule has 1 aliphatic rings. The van der Waals surface area contributed by atoms with Gasteiger partial charge in [0.05, 0.1) is 11.2 Å². The fourth-order valence-electron chi connectivity index (χ4n) is 3.01. The predicted octanol–water partition coefficient (Wildman–Crippen LogP) is 3.18. The number of carbonyl (C=O) groups excluding carboxylic acids is 1. The molecule has 1 aromatic carbocycles. The molecule has 0 radical (unpaired) electrons. The summed E-state index contributed by atoms with van der Waals surface area (Å²) in [5, 5.41) is 2.85. The Morgan fingerprint density at radius 2 is 2.13 bits per heavy atom. The van der Waals surface area contributed by atoms with E-state index in [1.807, 2.05) is 12.3 Å². The first kappa shape index (κ1) is 16.1. The molecule has 0 saturated carbocycles. The zero-order chi connectivity index (χ0) is 16.4. The number of likely N-dealkylation sites (tertiary alicyclic amines) is 1. The highest BCUT2D eigenvalue weighted by atomic mass is 32.1. The Hall–Kier alpha value is -1.79. The number of hydrogen-bond donors (Lipinski definition) is 1. The number of hydrogen-bond acceptors (Lipinski definition) is 4. The van der Waals surface area contributed by atoms with Gasteiger partial charge in [-0.2, -0.15) is 0 Å². The number of halogens is 1. The number of carbonyl (C=O) groups is 1. The number of nitrogens with zero attached hydrogens (tertiary/aromatic N) is 2. The van der Waals surface area contributed by atoms with Crippen LogP contribution < -0.4 is 5.73 Å². The maximum Gasteiger partial charge on any atom is 0.237 e. The fraction of sp³-hybridized carbons (Fsp3) is 0.412. The molecule has 6 heteroatoms. The van der Waals surface area contributed by atoms with E-state index in [1.165, 1.54) is 23.5 Å². The summed E-state index contributed by atoms with van der Waals surface area (Å²) in [4.78, 5) is 18.6. The Bertz CT molecular complexity index is 700. The van der Waals surface area contributed by atoms with E-state index in [0.717, 1.165) is 42.1 Å². The second-order valence-corrected chi connectivity index (χ2v) is 7.03. The number of nitrogens with two attached hydrogens (primary N) is 1. The van der Waals surface area contributed by atoms with Crippen molar-refractivity contribution in [1.82, 2.24) is 9.88 Å². The van der Waals surface area contributed by atoms with Gasteiger partial charge >= 0.3 is 0 Å². The zero-order valence-electron chi connectivity index (χ0n) is 13.1. The Morgan fingerprint density at radius 3 is 2.83 bits per heavy atom. The molecule has 122 valence electrons. The quantitative estimate of drug-likeness (QED) is 0.935. The van der Waals surface area contributed by atoms with Crippen molar-refractivity contribution in [3.8, 4) is 10.6 Å². The smallest absolute Gasteiger partial charge is 0.237 e. The molecular weight excluding hydrogens is 313 g/mol. The van der Waals surface area contributed by atoms with Crippen molar-refractivity contribution in [2.45, 2.75) is 38.3 Å². The lowest BCUT2D eigenvalue weighted by Gasteiger charge is -2.42. The maximum absolute atomic E-state index is 13.0. The van der Waals surface area contributed by atoms with Gasteiger partial charge in [-0.05, 0) is 57.0 Å². The summed E-state index contributed by atoms with van der Waals surface area (Å²) in [7, 11) is 0. The highest BCUT2D eigenvalue weighted by molar-refractivity contribution is 7.13. The molecule has 1 amide bonds. The Morgan fingerprint density at radius 1 is 1.39 bits per heavy atom. The summed E-state index contributed by atoms with van der Waals surface area (Å²) >= 11 is 1.53. The molecule has 1 aliphatic heterocycles. The van der Waals surface area contributed by atoms with Gasteiger partial charge in [-0.25, -0.2) is 9.37 Å². The fourth-order valence-corrected chi connectivity index (χ4v) is 3.83. The van der Waals surface area contributed by atoms with Crippen molar-refractivity contribution in [3.05, 3.63) is 41.2 Å². The minimum Gasteiger partial charge on any atom is -0.368 e. The molecule has 1 unspecified atom stereocenters. The topological polar surface area (TPSA) is 59.2 Å². The zero-order valence-corrected chi connectivity index (χ0v) is 13.9. The molecule has 4 nitrogen and oxygen atoms in total. The van der Waals surface area contributed by atoms with Gasteiger partial charge in [0.25, 0.3) is 0 Å². The van der Waals surface area contributed by atoms with Crippen molar-refractivity contribution < 1.29 is 9.18 Å². The number of piperidine rings is 1. The average molecular weight is 333 g/mol. The second kappa shape index (κ2) is 6.37. The molecular formula is C17H20FN3OS. The third kappa shape index (κ3) is 3.28. The van der Waals surface area contributed by atoms with E-state index in [9.17, 15) is 9.18 Å². The molecule has 2 heterocycles. The SMILES string of the molecule is CC1(C(N)=O)CCCCN1Cc1csc(-c2ccc(F)cc2)n1. The normalized spacial score (nSPS) is 22.2. The van der Waals surface area contributed by atoms with Gasteiger partial charge in [-0.15, -0.1) is 11.3 Å². The summed E-state index contributed by atoms with van der Waals surface area (Å²) in [5.41, 5.74) is 6.84. The summed E-state index contributed by atoms with van der Waals surface area (Å²) in [5.74, 6) is -0.526. The van der Waals surface area contributed by atoms with Gasteiger partial charge in [0, 0.05) is 17.5 Å². The van der Waals surface area contributed by atoms with Crippen molar-refractivity contribution in [2.75, 3.05) is 6.54 Å². The van der Waals surface area contributed by atoms with Gasteiger partial charge in [0.15, 0.2) is 0 Å². The summed E-state index contributed by atoms with van der Waals surface area (Å²) in [6, 6.07) is 6.33. The Balaban J connectivity index is 1.78. The van der Waals surface area contributed by atoms with E-state index in [0.29, 0.717) is 6.54 Å². The van der Waals surface area contributed by atoms with E-state index in [1.54, 1.807) is 12.1 Å². The molecule has 1 saturated heterocycles. The second-order valence-electron chi connectivity index (χ2n) is 6.17. The molecule has 2 N–H and O–H groups in total. The molecule has 3 rings (SSSR count). The van der Waals surface area contributed by atoms with Crippen molar-refractivity contribution in [3.63, 3.8) is 0 Å². The molecule has 23 heavy (non-hydrogen) atoms. The molecule has 0 aliphatic carbocycles. The number of thiazole rings is 1. The van der Waals surface area contributed by atoms with Gasteiger partial charge in [-0.1, -0.05) is 0 Å². The summed E-state index contributed by atoms with van der Waals surface area (Å²) in [6.45, 7) is 3.38. The lowest BCUT2D eigenvalue weighted by molar-refractivity contribution is -0.132. The first-order valence-corrected chi connectivity index (χ1v) is 8.62. The molecule has 1 fully saturated rings. The lowest BCUT2D eigenvalue weighted by atomic mass is 9.87. The van der Waals surface area contributed by atoms with Crippen LogP contribution in [0.3, 0.4) is 0 Å². The number of rotatable bonds is 4. The minimum absolute atomic E-state index is 0.254. The highest BCUT2D eigenvalue weighted by Crippen LogP contribution is 2.31. The average Bonchev–Trinajstić information content (AvgIpc) is 2.99. The third-order valence-electron chi connectivity index (χ3n) is 4.57. The Labute approximate surface area is 139 Å².